The van der Waals surface area contributed by atoms with Crippen molar-refractivity contribution in [2.45, 2.75) is 6.61 Å². The molecule has 6 nitrogen and oxygen atoms in total. The van der Waals surface area contributed by atoms with Crippen LogP contribution in [0.4, 0.5) is 5.69 Å². The normalized spacial score (nSPS) is 10.9. The summed E-state index contributed by atoms with van der Waals surface area (Å²) >= 11 is 3.04. The Balaban J connectivity index is 1.32. The highest BCUT2D eigenvalue weighted by molar-refractivity contribution is 7.21. The number of benzene rings is 2. The van der Waals surface area contributed by atoms with Crippen molar-refractivity contribution in [3.63, 3.8) is 0 Å². The minimum absolute atomic E-state index is 0.207. The fourth-order valence-electron chi connectivity index (χ4n) is 2.89. The number of carbonyl (C=O) groups excluding carboxylic acids is 1. The third-order valence-corrected chi connectivity index (χ3v) is 6.01. The number of hydrogen-bond acceptors (Lipinski definition) is 7. The van der Waals surface area contributed by atoms with Crippen molar-refractivity contribution in [2.24, 2.45) is 0 Å². The molecule has 3 heterocycles. The summed E-state index contributed by atoms with van der Waals surface area (Å²) in [6.07, 6.45) is 0. The van der Waals surface area contributed by atoms with Crippen LogP contribution >= 0.6 is 22.7 Å². The van der Waals surface area contributed by atoms with E-state index in [2.05, 4.69) is 15.3 Å². The Morgan fingerprint density at radius 2 is 1.93 bits per heavy atom. The highest BCUT2D eigenvalue weighted by Crippen LogP contribution is 2.32. The molecule has 5 aromatic rings. The summed E-state index contributed by atoms with van der Waals surface area (Å²) in [7, 11) is 0. The molecule has 2 aromatic carbocycles. The first-order valence-corrected chi connectivity index (χ1v) is 10.9. The fraction of sp³-hybridized carbons (Fsp3) is 0.0455. The molecule has 0 aliphatic carbocycles. The molecule has 3 aromatic heterocycles. The van der Waals surface area contributed by atoms with Gasteiger partial charge in [0.15, 0.2) is 16.5 Å². The smallest absolute Gasteiger partial charge is 0.291 e. The molecule has 1 amide bonds. The molecule has 5 rings (SSSR count). The van der Waals surface area contributed by atoms with Gasteiger partial charge in [0.1, 0.15) is 12.4 Å². The van der Waals surface area contributed by atoms with Crippen LogP contribution in [0, 0.1) is 0 Å². The molecule has 0 fully saturated rings. The van der Waals surface area contributed by atoms with Crippen LogP contribution in [0.15, 0.2) is 76.0 Å². The van der Waals surface area contributed by atoms with Crippen LogP contribution in [0.3, 0.4) is 0 Å². The first kappa shape index (κ1) is 18.5. The Bertz CT molecular complexity index is 1280. The van der Waals surface area contributed by atoms with Crippen LogP contribution in [0.1, 0.15) is 16.2 Å². The first-order chi connectivity index (χ1) is 14.8. The number of fused-ring (bicyclic) bond motifs is 1. The van der Waals surface area contributed by atoms with Gasteiger partial charge in [-0.3, -0.25) is 4.79 Å². The lowest BCUT2D eigenvalue weighted by atomic mass is 10.3. The van der Waals surface area contributed by atoms with E-state index in [4.69, 9.17) is 9.15 Å². The second-order valence-corrected chi connectivity index (χ2v) is 8.12. The quantitative estimate of drug-likeness (QED) is 0.364. The lowest BCUT2D eigenvalue weighted by Crippen LogP contribution is -2.12. The van der Waals surface area contributed by atoms with Crippen molar-refractivity contribution in [3.8, 4) is 16.5 Å². The van der Waals surface area contributed by atoms with Gasteiger partial charge in [0.2, 0.25) is 0 Å². The molecular formula is C22H15N3O3S2. The van der Waals surface area contributed by atoms with Gasteiger partial charge in [0, 0.05) is 5.38 Å². The molecule has 0 saturated heterocycles. The third kappa shape index (κ3) is 3.83. The zero-order valence-corrected chi connectivity index (χ0v) is 17.2. The van der Waals surface area contributed by atoms with Crippen molar-refractivity contribution in [2.75, 3.05) is 5.32 Å². The summed E-state index contributed by atoms with van der Waals surface area (Å²) < 4.78 is 12.7. The number of para-hydroxylation sites is 3. The van der Waals surface area contributed by atoms with E-state index in [0.717, 1.165) is 20.9 Å². The van der Waals surface area contributed by atoms with E-state index >= 15 is 0 Å². The van der Waals surface area contributed by atoms with E-state index in [1.165, 1.54) is 22.7 Å². The Kier molecular flexibility index (Phi) is 5.00. The fourth-order valence-corrected chi connectivity index (χ4v) is 4.36. The Morgan fingerprint density at radius 3 is 2.80 bits per heavy atom. The van der Waals surface area contributed by atoms with E-state index in [1.54, 1.807) is 29.8 Å². The zero-order chi connectivity index (χ0) is 20.3. The first-order valence-electron chi connectivity index (χ1n) is 9.12. The second kappa shape index (κ2) is 8.10. The van der Waals surface area contributed by atoms with Gasteiger partial charge in [-0.05, 0) is 36.4 Å². The number of amides is 1. The minimum Gasteiger partial charge on any atom is -0.485 e. The van der Waals surface area contributed by atoms with Gasteiger partial charge in [-0.1, -0.05) is 24.3 Å². The maximum Gasteiger partial charge on any atom is 0.291 e. The van der Waals surface area contributed by atoms with Crippen molar-refractivity contribution in [1.29, 1.82) is 0 Å². The molecule has 1 N–H and O–H groups in total. The Labute approximate surface area is 179 Å². The summed E-state index contributed by atoms with van der Waals surface area (Å²) in [5.41, 5.74) is 4.07. The van der Waals surface area contributed by atoms with Crippen molar-refractivity contribution < 1.29 is 13.9 Å². The molecule has 0 atom stereocenters. The minimum atomic E-state index is -0.355. The Morgan fingerprint density at radius 1 is 1.07 bits per heavy atom. The van der Waals surface area contributed by atoms with E-state index in [9.17, 15) is 4.79 Å². The number of anilines is 1. The van der Waals surface area contributed by atoms with E-state index < -0.39 is 0 Å². The second-order valence-electron chi connectivity index (χ2n) is 6.37. The molecule has 0 radical (unpaired) electrons. The van der Waals surface area contributed by atoms with E-state index in [-0.39, 0.29) is 11.7 Å². The zero-order valence-electron chi connectivity index (χ0n) is 15.6. The van der Waals surface area contributed by atoms with Gasteiger partial charge in [-0.25, -0.2) is 9.97 Å². The largest absolute Gasteiger partial charge is 0.485 e. The Hall–Kier alpha value is -3.49. The highest BCUT2D eigenvalue weighted by atomic mass is 32.1. The van der Waals surface area contributed by atoms with Gasteiger partial charge >= 0.3 is 0 Å². The average molecular weight is 434 g/mol. The number of ether oxygens (including phenoxy) is 1. The molecule has 8 heteroatoms. The lowest BCUT2D eigenvalue weighted by Gasteiger charge is -2.11. The topological polar surface area (TPSA) is 77.2 Å². The summed E-state index contributed by atoms with van der Waals surface area (Å²) in [5.74, 6) is 0.983. The van der Waals surface area contributed by atoms with Crippen LogP contribution in [-0.4, -0.2) is 15.9 Å². The number of aromatic nitrogens is 2. The van der Waals surface area contributed by atoms with E-state index in [0.29, 0.717) is 23.8 Å². The van der Waals surface area contributed by atoms with Crippen molar-refractivity contribution >= 4 is 44.5 Å². The van der Waals surface area contributed by atoms with Crippen LogP contribution < -0.4 is 10.1 Å². The number of rotatable bonds is 6. The highest BCUT2D eigenvalue weighted by Gasteiger charge is 2.16. The van der Waals surface area contributed by atoms with Crippen LogP contribution in [0.5, 0.6) is 5.75 Å². The maximum atomic E-state index is 12.7. The number of nitrogens with one attached hydrogen (secondary N) is 1. The average Bonchev–Trinajstić information content (AvgIpc) is 3.53. The van der Waals surface area contributed by atoms with Gasteiger partial charge in [-0.2, -0.15) is 0 Å². The van der Waals surface area contributed by atoms with E-state index in [1.807, 2.05) is 41.8 Å². The van der Waals surface area contributed by atoms with Gasteiger partial charge in [0.25, 0.3) is 5.91 Å². The molecule has 148 valence electrons. The molecule has 30 heavy (non-hydrogen) atoms. The van der Waals surface area contributed by atoms with Crippen LogP contribution in [0.25, 0.3) is 21.0 Å². The van der Waals surface area contributed by atoms with Gasteiger partial charge < -0.3 is 14.5 Å². The SMILES string of the molecule is O=C(Nc1ccccc1OCc1cscn1)c1ccc(-c2nc3ccccc3s2)o1. The standard InChI is InChI=1S/C22H15N3O3S2/c26-21(24-15-5-1-3-7-17(15)27-11-14-12-29-13-23-14)18-9-10-19(28-18)22-25-16-6-2-4-8-20(16)30-22/h1-10,12-13H,11H2,(H,24,26). The summed E-state index contributed by atoms with van der Waals surface area (Å²) in [6.45, 7) is 0.332. The third-order valence-electron chi connectivity index (χ3n) is 4.33. The molecule has 0 bridgehead atoms. The number of thiazole rings is 2. The molecule has 0 unspecified atom stereocenters. The predicted octanol–water partition coefficient (Wildman–Crippen LogP) is 5.84. The molecule has 0 saturated carbocycles. The summed E-state index contributed by atoms with van der Waals surface area (Å²) in [4.78, 5) is 21.5. The van der Waals surface area contributed by atoms with Crippen molar-refractivity contribution in [1.82, 2.24) is 9.97 Å². The monoisotopic (exact) mass is 433 g/mol. The molecular weight excluding hydrogens is 418 g/mol. The lowest BCUT2D eigenvalue weighted by molar-refractivity contribution is 0.0997. The summed E-state index contributed by atoms with van der Waals surface area (Å²) in [5, 5.41) is 5.52. The maximum absolute atomic E-state index is 12.7. The van der Waals surface area contributed by atoms with Crippen molar-refractivity contribution in [3.05, 3.63) is 83.0 Å². The molecule has 0 aliphatic rings. The predicted molar refractivity (Wildman–Crippen MR) is 118 cm³/mol. The van der Waals surface area contributed by atoms with Crippen LogP contribution in [-0.2, 0) is 6.61 Å². The van der Waals surface area contributed by atoms with Gasteiger partial charge in [0.05, 0.1) is 27.1 Å². The number of carbonyl (C=O) groups is 1. The molecule has 0 aliphatic heterocycles. The number of hydrogen-bond donors (Lipinski definition) is 1. The number of furan rings is 1. The van der Waals surface area contributed by atoms with Gasteiger partial charge in [-0.15, -0.1) is 22.7 Å². The number of nitrogens with zero attached hydrogens (tertiary/aromatic N) is 2. The summed E-state index contributed by atoms with van der Waals surface area (Å²) in [6, 6.07) is 18.6. The molecule has 0 spiro atoms. The van der Waals surface area contributed by atoms with Crippen LogP contribution in [0.2, 0.25) is 0 Å².